The lowest BCUT2D eigenvalue weighted by Gasteiger charge is -2.03. The SMILES string of the molecule is CCCCCCCCCOC(=O)CC(=O)O. The monoisotopic (exact) mass is 230 g/mol. The number of carbonyl (C=O) groups is 2. The molecule has 0 bridgehead atoms. The average molecular weight is 230 g/mol. The van der Waals surface area contributed by atoms with Gasteiger partial charge in [0.25, 0.3) is 0 Å². The van der Waals surface area contributed by atoms with Crippen molar-refractivity contribution in [3.63, 3.8) is 0 Å². The Hall–Kier alpha value is -1.06. The van der Waals surface area contributed by atoms with Crippen molar-refractivity contribution in [3.05, 3.63) is 0 Å². The van der Waals surface area contributed by atoms with Crippen molar-refractivity contribution >= 4 is 11.9 Å². The minimum Gasteiger partial charge on any atom is -0.481 e. The number of unbranched alkanes of at least 4 members (excludes halogenated alkanes) is 6. The molecule has 0 aromatic heterocycles. The Morgan fingerprint density at radius 1 is 1.00 bits per heavy atom. The van der Waals surface area contributed by atoms with E-state index in [1.165, 1.54) is 25.7 Å². The molecule has 0 amide bonds. The molecular formula is C12H22O4. The number of ether oxygens (including phenoxy) is 1. The highest BCUT2D eigenvalue weighted by atomic mass is 16.5. The van der Waals surface area contributed by atoms with Gasteiger partial charge >= 0.3 is 11.9 Å². The summed E-state index contributed by atoms with van der Waals surface area (Å²) in [5.41, 5.74) is 0. The van der Waals surface area contributed by atoms with E-state index < -0.39 is 18.4 Å². The first-order valence-electron chi connectivity index (χ1n) is 6.04. The van der Waals surface area contributed by atoms with Crippen LogP contribution in [0.4, 0.5) is 0 Å². The number of aliphatic carboxylic acids is 1. The Morgan fingerprint density at radius 3 is 2.12 bits per heavy atom. The largest absolute Gasteiger partial charge is 0.481 e. The van der Waals surface area contributed by atoms with Crippen LogP contribution < -0.4 is 0 Å². The van der Waals surface area contributed by atoms with Crippen LogP contribution in [0.2, 0.25) is 0 Å². The number of rotatable bonds is 10. The van der Waals surface area contributed by atoms with Gasteiger partial charge in [0, 0.05) is 0 Å². The van der Waals surface area contributed by atoms with Gasteiger partial charge in [0.05, 0.1) is 6.61 Å². The van der Waals surface area contributed by atoms with Crippen molar-refractivity contribution < 1.29 is 19.4 Å². The minimum absolute atomic E-state index is 0.347. The second-order valence-corrected chi connectivity index (χ2v) is 3.91. The summed E-state index contributed by atoms with van der Waals surface area (Å²) in [6, 6.07) is 0. The molecule has 0 fully saturated rings. The van der Waals surface area contributed by atoms with E-state index in [0.717, 1.165) is 19.3 Å². The number of esters is 1. The summed E-state index contributed by atoms with van der Waals surface area (Å²) in [6.45, 7) is 2.53. The van der Waals surface area contributed by atoms with Gasteiger partial charge in [-0.15, -0.1) is 0 Å². The quantitative estimate of drug-likeness (QED) is 0.356. The van der Waals surface area contributed by atoms with Crippen molar-refractivity contribution in [2.75, 3.05) is 6.61 Å². The fourth-order valence-corrected chi connectivity index (χ4v) is 1.42. The summed E-state index contributed by atoms with van der Waals surface area (Å²) in [5.74, 6) is -1.77. The van der Waals surface area contributed by atoms with Crippen LogP contribution in [-0.4, -0.2) is 23.7 Å². The summed E-state index contributed by atoms with van der Waals surface area (Å²) in [4.78, 5) is 21.0. The molecule has 0 saturated carbocycles. The van der Waals surface area contributed by atoms with E-state index in [1.54, 1.807) is 0 Å². The Bertz CT molecular complexity index is 201. The number of hydrogen-bond acceptors (Lipinski definition) is 3. The predicted octanol–water partition coefficient (Wildman–Crippen LogP) is 2.75. The van der Waals surface area contributed by atoms with Crippen molar-refractivity contribution in [2.24, 2.45) is 0 Å². The normalized spacial score (nSPS) is 10.1. The zero-order valence-electron chi connectivity index (χ0n) is 10.0. The molecule has 0 aromatic carbocycles. The highest BCUT2D eigenvalue weighted by molar-refractivity contribution is 5.90. The van der Waals surface area contributed by atoms with Crippen LogP contribution in [0.3, 0.4) is 0 Å². The van der Waals surface area contributed by atoms with Crippen LogP contribution in [0.1, 0.15) is 58.3 Å². The maximum Gasteiger partial charge on any atom is 0.317 e. The van der Waals surface area contributed by atoms with E-state index in [2.05, 4.69) is 6.92 Å². The van der Waals surface area contributed by atoms with Crippen LogP contribution in [0.15, 0.2) is 0 Å². The van der Waals surface area contributed by atoms with E-state index >= 15 is 0 Å². The van der Waals surface area contributed by atoms with Gasteiger partial charge in [0.1, 0.15) is 6.42 Å². The molecule has 1 N–H and O–H groups in total. The molecule has 94 valence electrons. The predicted molar refractivity (Wildman–Crippen MR) is 61.2 cm³/mol. The third-order valence-corrected chi connectivity index (χ3v) is 2.31. The second kappa shape index (κ2) is 10.5. The third-order valence-electron chi connectivity index (χ3n) is 2.31. The molecule has 0 spiro atoms. The summed E-state index contributed by atoms with van der Waals surface area (Å²) in [5, 5.41) is 8.31. The summed E-state index contributed by atoms with van der Waals surface area (Å²) in [7, 11) is 0. The van der Waals surface area contributed by atoms with Gasteiger partial charge in [-0.05, 0) is 6.42 Å². The van der Waals surface area contributed by atoms with E-state index in [-0.39, 0.29) is 0 Å². The summed E-state index contributed by atoms with van der Waals surface area (Å²) < 4.78 is 4.76. The minimum atomic E-state index is -1.13. The zero-order chi connectivity index (χ0) is 12.2. The maximum atomic E-state index is 10.8. The smallest absolute Gasteiger partial charge is 0.317 e. The first-order valence-corrected chi connectivity index (χ1v) is 6.04. The molecule has 0 aliphatic heterocycles. The third kappa shape index (κ3) is 11.0. The molecule has 0 heterocycles. The van der Waals surface area contributed by atoms with E-state index in [4.69, 9.17) is 9.84 Å². The van der Waals surface area contributed by atoms with Gasteiger partial charge in [-0.1, -0.05) is 45.4 Å². The van der Waals surface area contributed by atoms with Gasteiger partial charge in [0.2, 0.25) is 0 Å². The van der Waals surface area contributed by atoms with Crippen LogP contribution in [0.25, 0.3) is 0 Å². The fourth-order valence-electron chi connectivity index (χ4n) is 1.42. The molecule has 0 aliphatic rings. The lowest BCUT2D eigenvalue weighted by Crippen LogP contribution is -2.11. The zero-order valence-corrected chi connectivity index (χ0v) is 10.0. The first kappa shape index (κ1) is 14.9. The standard InChI is InChI=1S/C12H22O4/c1-2-3-4-5-6-7-8-9-16-12(15)10-11(13)14/h2-10H2,1H3,(H,13,14). The molecule has 0 rings (SSSR count). The van der Waals surface area contributed by atoms with E-state index in [0.29, 0.717) is 6.61 Å². The Balaban J connectivity index is 3.14. The summed E-state index contributed by atoms with van der Waals surface area (Å²) >= 11 is 0. The molecule has 0 aromatic rings. The van der Waals surface area contributed by atoms with Crippen LogP contribution >= 0.6 is 0 Å². The first-order chi connectivity index (χ1) is 7.66. The van der Waals surface area contributed by atoms with Crippen LogP contribution in [-0.2, 0) is 14.3 Å². The molecule has 0 aliphatic carbocycles. The molecule has 0 atom stereocenters. The Labute approximate surface area is 97.0 Å². The van der Waals surface area contributed by atoms with E-state index in [9.17, 15) is 9.59 Å². The number of carbonyl (C=O) groups excluding carboxylic acids is 1. The average Bonchev–Trinajstić information content (AvgIpc) is 2.21. The Morgan fingerprint density at radius 2 is 1.56 bits per heavy atom. The fraction of sp³-hybridized carbons (Fsp3) is 0.833. The topological polar surface area (TPSA) is 63.6 Å². The number of hydrogen-bond donors (Lipinski definition) is 1. The van der Waals surface area contributed by atoms with Gasteiger partial charge in [-0.25, -0.2) is 0 Å². The van der Waals surface area contributed by atoms with Gasteiger partial charge in [0.15, 0.2) is 0 Å². The lowest BCUT2D eigenvalue weighted by molar-refractivity contribution is -0.151. The van der Waals surface area contributed by atoms with Crippen LogP contribution in [0, 0.1) is 0 Å². The summed E-state index contributed by atoms with van der Waals surface area (Å²) in [6.07, 6.45) is 7.54. The van der Waals surface area contributed by atoms with E-state index in [1.807, 2.05) is 0 Å². The highest BCUT2D eigenvalue weighted by Gasteiger charge is 2.07. The van der Waals surface area contributed by atoms with Gasteiger partial charge in [-0.2, -0.15) is 0 Å². The molecule has 16 heavy (non-hydrogen) atoms. The van der Waals surface area contributed by atoms with Crippen molar-refractivity contribution in [1.29, 1.82) is 0 Å². The molecule has 4 heteroatoms. The van der Waals surface area contributed by atoms with Gasteiger partial charge in [-0.3, -0.25) is 9.59 Å². The number of carboxylic acids is 1. The number of carboxylic acid groups (broad SMARTS) is 1. The second-order valence-electron chi connectivity index (χ2n) is 3.91. The molecule has 4 nitrogen and oxygen atoms in total. The molecular weight excluding hydrogens is 208 g/mol. The Kier molecular flexibility index (Phi) is 9.76. The molecule has 0 saturated heterocycles. The van der Waals surface area contributed by atoms with Crippen molar-refractivity contribution in [1.82, 2.24) is 0 Å². The van der Waals surface area contributed by atoms with Gasteiger partial charge < -0.3 is 9.84 Å². The van der Waals surface area contributed by atoms with Crippen molar-refractivity contribution in [3.8, 4) is 0 Å². The highest BCUT2D eigenvalue weighted by Crippen LogP contribution is 2.06. The maximum absolute atomic E-state index is 10.8. The molecule has 0 unspecified atom stereocenters. The van der Waals surface area contributed by atoms with Crippen LogP contribution in [0.5, 0.6) is 0 Å². The molecule has 0 radical (unpaired) electrons. The van der Waals surface area contributed by atoms with Crippen molar-refractivity contribution in [2.45, 2.75) is 58.3 Å². The lowest BCUT2D eigenvalue weighted by atomic mass is 10.1.